The molecule has 346 valence electrons. The number of carbonyl (C=O) groups is 1. The molecule has 0 aromatic heterocycles. The monoisotopic (exact) mass is 861 g/mol. The number of esters is 1. The lowest BCUT2D eigenvalue weighted by Crippen LogP contribution is -2.59. The average molecular weight is 861 g/mol. The molecule has 0 aromatic rings. The quantitative estimate of drug-likeness (QED) is 0.0276. The van der Waals surface area contributed by atoms with Gasteiger partial charge in [0, 0.05) is 6.42 Å². The molecular weight excluding hydrogens is 781 g/mol. The summed E-state index contributed by atoms with van der Waals surface area (Å²) in [5.74, 6) is -0.404. The molecule has 0 radical (unpaired) electrons. The van der Waals surface area contributed by atoms with Gasteiger partial charge in [-0.15, -0.1) is 0 Å². The molecular formula is C53H80O9. The number of rotatable bonds is 36. The van der Waals surface area contributed by atoms with Gasteiger partial charge in [-0.05, 0) is 96.3 Å². The Labute approximate surface area is 374 Å². The van der Waals surface area contributed by atoms with Crippen molar-refractivity contribution in [3.63, 3.8) is 0 Å². The van der Waals surface area contributed by atoms with Gasteiger partial charge in [0.15, 0.2) is 6.29 Å². The van der Waals surface area contributed by atoms with Crippen LogP contribution in [0.2, 0.25) is 0 Å². The normalized spacial score (nSPS) is 21.2. The van der Waals surface area contributed by atoms with Gasteiger partial charge in [-0.1, -0.05) is 160 Å². The van der Waals surface area contributed by atoms with E-state index in [1.54, 1.807) is 0 Å². The first kappa shape index (κ1) is 56.1. The number of aliphatic hydroxyl groups excluding tert-OH is 4. The fourth-order valence-electron chi connectivity index (χ4n) is 5.78. The summed E-state index contributed by atoms with van der Waals surface area (Å²) in [6, 6.07) is 0. The Kier molecular flexibility index (Phi) is 38.3. The Morgan fingerprint density at radius 3 is 1.31 bits per heavy atom. The number of carbonyl (C=O) groups excluding carboxylic acids is 1. The first-order valence-electron chi connectivity index (χ1n) is 22.9. The predicted octanol–water partition coefficient (Wildman–Crippen LogP) is 10.7. The predicted molar refractivity (Wildman–Crippen MR) is 255 cm³/mol. The van der Waals surface area contributed by atoms with E-state index in [9.17, 15) is 25.2 Å². The van der Waals surface area contributed by atoms with Crippen molar-refractivity contribution in [3.8, 4) is 0 Å². The minimum atomic E-state index is -1.57. The molecule has 0 saturated carbocycles. The van der Waals surface area contributed by atoms with Crippen molar-refractivity contribution >= 4 is 5.97 Å². The number of unbranched alkanes of at least 4 members (excludes halogenated alkanes) is 1. The van der Waals surface area contributed by atoms with Crippen molar-refractivity contribution in [2.45, 2.75) is 153 Å². The second-order valence-electron chi connectivity index (χ2n) is 14.7. The highest BCUT2D eigenvalue weighted by Crippen LogP contribution is 2.22. The summed E-state index contributed by atoms with van der Waals surface area (Å²) >= 11 is 0. The molecule has 9 heteroatoms. The molecule has 6 unspecified atom stereocenters. The van der Waals surface area contributed by atoms with Crippen molar-refractivity contribution in [2.24, 2.45) is 0 Å². The van der Waals surface area contributed by atoms with Crippen LogP contribution in [-0.4, -0.2) is 89.6 Å². The second-order valence-corrected chi connectivity index (χ2v) is 14.7. The van der Waals surface area contributed by atoms with Gasteiger partial charge in [0.1, 0.15) is 30.5 Å². The highest BCUT2D eigenvalue weighted by atomic mass is 16.7. The Hall–Kier alpha value is -3.93. The zero-order valence-corrected chi connectivity index (χ0v) is 37.8. The molecule has 1 aliphatic heterocycles. The fourth-order valence-corrected chi connectivity index (χ4v) is 5.78. The average Bonchev–Trinajstić information content (AvgIpc) is 3.27. The second kappa shape index (κ2) is 42.4. The first-order chi connectivity index (χ1) is 30.4. The SMILES string of the molecule is CC/C=C\C/C=C\C/C=C\C/C=C\C/C=C\C/C=C\C/C=C\CCCC(=O)OC(COCC/C=C\C/C=C\C/C=C\C/C=C\C/C=C\CC)COC1OC(CO)C(O)C(O)C1O. The highest BCUT2D eigenvalue weighted by molar-refractivity contribution is 5.69. The lowest BCUT2D eigenvalue weighted by atomic mass is 9.99. The summed E-state index contributed by atoms with van der Waals surface area (Å²) < 4.78 is 22.6. The molecule has 0 spiro atoms. The molecule has 0 bridgehead atoms. The van der Waals surface area contributed by atoms with Gasteiger partial charge in [0.05, 0.1) is 26.4 Å². The van der Waals surface area contributed by atoms with Crippen LogP contribution in [0.3, 0.4) is 0 Å². The van der Waals surface area contributed by atoms with Gasteiger partial charge >= 0.3 is 5.97 Å². The molecule has 1 saturated heterocycles. The summed E-state index contributed by atoms with van der Waals surface area (Å²) in [4.78, 5) is 12.8. The van der Waals surface area contributed by atoms with Crippen molar-refractivity contribution in [2.75, 3.05) is 26.4 Å². The first-order valence-corrected chi connectivity index (χ1v) is 22.9. The van der Waals surface area contributed by atoms with E-state index < -0.39 is 49.4 Å². The van der Waals surface area contributed by atoms with E-state index in [1.165, 1.54) is 0 Å². The lowest BCUT2D eigenvalue weighted by molar-refractivity contribution is -0.305. The van der Waals surface area contributed by atoms with E-state index in [0.717, 1.165) is 83.5 Å². The number of hydrogen-bond donors (Lipinski definition) is 4. The van der Waals surface area contributed by atoms with E-state index in [4.69, 9.17) is 18.9 Å². The third-order valence-electron chi connectivity index (χ3n) is 9.27. The topological polar surface area (TPSA) is 135 Å². The standard InChI is InChI=1S/C53H80O9/c1-3-5-7-9-11-13-15-17-19-21-22-23-24-25-26-27-28-30-32-34-36-38-40-42-49(55)61-47(46-60-53-52(58)51(57)50(56)48(44-54)62-53)45-59-43-41-39-37-35-33-31-29-20-18-16-14-12-10-8-6-4-2/h5-8,11-14,17-20,22-23,25-26,28,30-31,33-34,36-37,39,47-48,50-54,56-58H,3-4,9-10,15-16,21,24,27,29,32,35,38,40-46H2,1-2H3/b7-5-,8-6-,13-11-,14-12-,19-17-,20-18-,23-22-,26-25-,30-28-,33-31-,36-34-,39-37-. The molecule has 1 heterocycles. The summed E-state index contributed by atoms with van der Waals surface area (Å²) in [6.45, 7) is 3.99. The zero-order valence-electron chi connectivity index (χ0n) is 37.8. The fraction of sp³-hybridized carbons (Fsp3) is 0.528. The van der Waals surface area contributed by atoms with Gasteiger partial charge < -0.3 is 39.4 Å². The van der Waals surface area contributed by atoms with Crippen LogP contribution in [0.15, 0.2) is 146 Å². The highest BCUT2D eigenvalue weighted by Gasteiger charge is 2.44. The maximum atomic E-state index is 12.8. The molecule has 0 aromatic carbocycles. The Bertz CT molecular complexity index is 1440. The Balaban J connectivity index is 2.38. The minimum Gasteiger partial charge on any atom is -0.457 e. The summed E-state index contributed by atoms with van der Waals surface area (Å²) in [7, 11) is 0. The maximum Gasteiger partial charge on any atom is 0.306 e. The third kappa shape index (κ3) is 32.7. The third-order valence-corrected chi connectivity index (χ3v) is 9.27. The van der Waals surface area contributed by atoms with E-state index >= 15 is 0 Å². The van der Waals surface area contributed by atoms with Gasteiger partial charge in [-0.2, -0.15) is 0 Å². The van der Waals surface area contributed by atoms with Crippen LogP contribution in [0.1, 0.15) is 117 Å². The van der Waals surface area contributed by atoms with Crippen LogP contribution in [0, 0.1) is 0 Å². The van der Waals surface area contributed by atoms with Crippen molar-refractivity contribution in [1.29, 1.82) is 0 Å². The van der Waals surface area contributed by atoms with Gasteiger partial charge in [0.2, 0.25) is 0 Å². The van der Waals surface area contributed by atoms with Crippen molar-refractivity contribution in [3.05, 3.63) is 146 Å². The Morgan fingerprint density at radius 2 is 0.903 bits per heavy atom. The van der Waals surface area contributed by atoms with E-state index in [1.807, 2.05) is 6.08 Å². The van der Waals surface area contributed by atoms with E-state index in [0.29, 0.717) is 19.4 Å². The summed E-state index contributed by atoms with van der Waals surface area (Å²) in [6.07, 6.45) is 57.6. The van der Waals surface area contributed by atoms with E-state index in [2.05, 4.69) is 154 Å². The number of aliphatic hydroxyl groups is 4. The van der Waals surface area contributed by atoms with Crippen LogP contribution in [-0.2, 0) is 23.7 Å². The summed E-state index contributed by atoms with van der Waals surface area (Å²) in [5.41, 5.74) is 0. The van der Waals surface area contributed by atoms with Crippen molar-refractivity contribution < 1.29 is 44.2 Å². The lowest BCUT2D eigenvalue weighted by Gasteiger charge is -2.39. The molecule has 0 amide bonds. The molecule has 9 nitrogen and oxygen atoms in total. The maximum absolute atomic E-state index is 12.8. The van der Waals surface area contributed by atoms with Crippen LogP contribution in [0.5, 0.6) is 0 Å². The van der Waals surface area contributed by atoms with Crippen LogP contribution >= 0.6 is 0 Å². The smallest absolute Gasteiger partial charge is 0.306 e. The van der Waals surface area contributed by atoms with Crippen LogP contribution in [0.25, 0.3) is 0 Å². The number of hydrogen-bond acceptors (Lipinski definition) is 9. The van der Waals surface area contributed by atoms with Gasteiger partial charge in [-0.3, -0.25) is 4.79 Å². The van der Waals surface area contributed by atoms with Crippen LogP contribution < -0.4 is 0 Å². The van der Waals surface area contributed by atoms with Gasteiger partial charge in [0.25, 0.3) is 0 Å². The largest absolute Gasteiger partial charge is 0.457 e. The molecule has 6 atom stereocenters. The molecule has 1 fully saturated rings. The zero-order chi connectivity index (χ0) is 45.0. The number of ether oxygens (including phenoxy) is 4. The molecule has 62 heavy (non-hydrogen) atoms. The Morgan fingerprint density at radius 1 is 0.516 bits per heavy atom. The van der Waals surface area contributed by atoms with E-state index in [-0.39, 0.29) is 19.6 Å². The molecule has 1 rings (SSSR count). The minimum absolute atomic E-state index is 0.0553. The molecule has 4 N–H and O–H groups in total. The van der Waals surface area contributed by atoms with Gasteiger partial charge in [-0.25, -0.2) is 0 Å². The number of allylic oxidation sites excluding steroid dienone is 23. The van der Waals surface area contributed by atoms with Crippen LogP contribution in [0.4, 0.5) is 0 Å². The molecule has 1 aliphatic rings. The van der Waals surface area contributed by atoms with Crippen molar-refractivity contribution in [1.82, 2.24) is 0 Å². The summed E-state index contributed by atoms with van der Waals surface area (Å²) in [5, 5.41) is 40.1. The molecule has 0 aliphatic carbocycles.